The summed E-state index contributed by atoms with van der Waals surface area (Å²) in [4.78, 5) is -2.01. The van der Waals surface area contributed by atoms with Crippen LogP contribution in [0.4, 0.5) is 0 Å². The summed E-state index contributed by atoms with van der Waals surface area (Å²) in [6, 6.07) is 0. The molecule has 2 N–H and O–H groups in total. The van der Waals surface area contributed by atoms with Gasteiger partial charge in [0.2, 0.25) is 0 Å². The first kappa shape index (κ1) is 14.0. The highest BCUT2D eigenvalue weighted by Crippen LogP contribution is 2.34. The zero-order chi connectivity index (χ0) is 12.8. The number of hydrogen-bond donors (Lipinski definition) is 1. The van der Waals surface area contributed by atoms with Crippen molar-refractivity contribution in [2.24, 2.45) is 11.7 Å². The van der Waals surface area contributed by atoms with Gasteiger partial charge in [0.1, 0.15) is 0 Å². The first-order valence-corrected chi connectivity index (χ1v) is 8.69. The highest BCUT2D eigenvalue weighted by atomic mass is 35.7. The van der Waals surface area contributed by atoms with Crippen LogP contribution in [0.3, 0.4) is 0 Å². The SMILES string of the molecule is CC1C=C(S(=O)(=O)Cl)C=CC1(N)S(=O)(=O)Cl. The fourth-order valence-electron chi connectivity index (χ4n) is 1.26. The van der Waals surface area contributed by atoms with E-state index in [2.05, 4.69) is 0 Å². The van der Waals surface area contributed by atoms with Gasteiger partial charge in [0.25, 0.3) is 18.1 Å². The molecule has 9 heteroatoms. The predicted octanol–water partition coefficient (Wildman–Crippen LogP) is 0.868. The Morgan fingerprint density at radius 2 is 1.81 bits per heavy atom. The lowest BCUT2D eigenvalue weighted by Crippen LogP contribution is -2.49. The van der Waals surface area contributed by atoms with E-state index < -0.39 is 28.9 Å². The van der Waals surface area contributed by atoms with E-state index in [9.17, 15) is 16.8 Å². The second-order valence-electron chi connectivity index (χ2n) is 3.42. The second-order valence-corrected chi connectivity index (χ2v) is 8.79. The van der Waals surface area contributed by atoms with Crippen molar-refractivity contribution in [3.05, 3.63) is 23.1 Å². The Kier molecular flexibility index (Phi) is 3.49. The van der Waals surface area contributed by atoms with Gasteiger partial charge in [-0.05, 0) is 12.2 Å². The van der Waals surface area contributed by atoms with Gasteiger partial charge >= 0.3 is 0 Å². The highest BCUT2D eigenvalue weighted by Gasteiger charge is 2.43. The van der Waals surface area contributed by atoms with Crippen LogP contribution in [0.15, 0.2) is 23.1 Å². The van der Waals surface area contributed by atoms with Crippen molar-refractivity contribution in [1.82, 2.24) is 0 Å². The van der Waals surface area contributed by atoms with E-state index in [0.29, 0.717) is 0 Å². The minimum Gasteiger partial charge on any atom is -0.308 e. The Hall–Kier alpha value is -0.0800. The molecule has 0 spiro atoms. The fourth-order valence-corrected chi connectivity index (χ4v) is 3.49. The molecule has 0 radical (unpaired) electrons. The Balaban J connectivity index is 3.28. The van der Waals surface area contributed by atoms with E-state index in [-0.39, 0.29) is 4.91 Å². The Morgan fingerprint density at radius 1 is 1.31 bits per heavy atom. The van der Waals surface area contributed by atoms with Crippen LogP contribution in [-0.2, 0) is 18.1 Å². The average Bonchev–Trinajstić information content (AvgIpc) is 2.05. The molecule has 2 unspecified atom stereocenters. The van der Waals surface area contributed by atoms with Crippen molar-refractivity contribution in [2.45, 2.75) is 11.8 Å². The zero-order valence-corrected chi connectivity index (χ0v) is 11.2. The van der Waals surface area contributed by atoms with E-state index >= 15 is 0 Å². The third-order valence-corrected chi connectivity index (χ3v) is 5.86. The van der Waals surface area contributed by atoms with E-state index in [1.165, 1.54) is 6.92 Å². The van der Waals surface area contributed by atoms with Crippen LogP contribution in [0, 0.1) is 5.92 Å². The number of allylic oxidation sites excluding steroid dienone is 1. The van der Waals surface area contributed by atoms with Crippen molar-refractivity contribution >= 4 is 39.5 Å². The lowest BCUT2D eigenvalue weighted by atomic mass is 9.97. The maximum atomic E-state index is 11.3. The first-order valence-electron chi connectivity index (χ1n) is 4.07. The lowest BCUT2D eigenvalue weighted by molar-refractivity contribution is 0.510. The van der Waals surface area contributed by atoms with E-state index in [4.69, 9.17) is 27.1 Å². The molecule has 0 saturated carbocycles. The van der Waals surface area contributed by atoms with Gasteiger partial charge in [0.15, 0.2) is 4.87 Å². The molecule has 1 aliphatic rings. The topological polar surface area (TPSA) is 94.3 Å². The van der Waals surface area contributed by atoms with Crippen LogP contribution >= 0.6 is 21.4 Å². The Bertz CT molecular complexity index is 563. The highest BCUT2D eigenvalue weighted by molar-refractivity contribution is 8.17. The van der Waals surface area contributed by atoms with Crippen LogP contribution in [0.25, 0.3) is 0 Å². The van der Waals surface area contributed by atoms with Gasteiger partial charge in [-0.3, -0.25) is 0 Å². The van der Waals surface area contributed by atoms with Gasteiger partial charge in [-0.15, -0.1) is 0 Å². The standard InChI is InChI=1S/C7H9Cl2NO4S2/c1-5-4-6(15(8,11)12)2-3-7(5,10)16(9,13)14/h2-5H,10H2,1H3. The van der Waals surface area contributed by atoms with Crippen molar-refractivity contribution in [1.29, 1.82) is 0 Å². The Morgan fingerprint density at radius 3 is 2.12 bits per heavy atom. The smallest absolute Gasteiger partial charge is 0.260 e. The largest absolute Gasteiger partial charge is 0.308 e. The van der Waals surface area contributed by atoms with Crippen molar-refractivity contribution in [2.75, 3.05) is 0 Å². The third-order valence-electron chi connectivity index (χ3n) is 2.34. The predicted molar refractivity (Wildman–Crippen MR) is 62.9 cm³/mol. The first-order chi connectivity index (χ1) is 6.98. The molecule has 0 aromatic carbocycles. The molecule has 1 aliphatic carbocycles. The third kappa shape index (κ3) is 2.43. The van der Waals surface area contributed by atoms with Crippen molar-refractivity contribution < 1.29 is 16.8 Å². The second kappa shape index (κ2) is 3.99. The quantitative estimate of drug-likeness (QED) is 0.764. The summed E-state index contributed by atoms with van der Waals surface area (Å²) in [7, 11) is 2.34. The zero-order valence-electron chi connectivity index (χ0n) is 8.09. The molecule has 2 atom stereocenters. The molecule has 0 aromatic heterocycles. The fraction of sp³-hybridized carbons (Fsp3) is 0.429. The minimum atomic E-state index is -4.06. The molecule has 0 aliphatic heterocycles. The maximum absolute atomic E-state index is 11.3. The minimum absolute atomic E-state index is 0.192. The Labute approximate surface area is 103 Å². The molecule has 0 saturated heterocycles. The molecule has 1 rings (SSSR count). The summed E-state index contributed by atoms with van der Waals surface area (Å²) in [5.41, 5.74) is 5.60. The van der Waals surface area contributed by atoms with E-state index in [1.54, 1.807) is 0 Å². The van der Waals surface area contributed by atoms with E-state index in [1.807, 2.05) is 0 Å². The van der Waals surface area contributed by atoms with E-state index in [0.717, 1.165) is 18.2 Å². The maximum Gasteiger partial charge on any atom is 0.260 e. The van der Waals surface area contributed by atoms with Crippen LogP contribution in [0.1, 0.15) is 6.92 Å². The molecule has 0 heterocycles. The molecular weight excluding hydrogens is 297 g/mol. The van der Waals surface area contributed by atoms with Gasteiger partial charge in [-0.2, -0.15) is 0 Å². The molecule has 0 bridgehead atoms. The van der Waals surface area contributed by atoms with Crippen molar-refractivity contribution in [3.8, 4) is 0 Å². The molecule has 16 heavy (non-hydrogen) atoms. The van der Waals surface area contributed by atoms with Crippen LogP contribution in [-0.4, -0.2) is 21.7 Å². The van der Waals surface area contributed by atoms with Gasteiger partial charge in [-0.1, -0.05) is 13.0 Å². The van der Waals surface area contributed by atoms with Gasteiger partial charge in [0, 0.05) is 27.3 Å². The molecule has 5 nitrogen and oxygen atoms in total. The van der Waals surface area contributed by atoms with Gasteiger partial charge in [-0.25, -0.2) is 16.8 Å². The normalized spacial score (nSPS) is 31.2. The number of halogens is 2. The van der Waals surface area contributed by atoms with Crippen LogP contribution in [0.2, 0.25) is 0 Å². The van der Waals surface area contributed by atoms with Crippen molar-refractivity contribution in [3.63, 3.8) is 0 Å². The lowest BCUT2D eigenvalue weighted by Gasteiger charge is -2.30. The molecule has 92 valence electrons. The summed E-state index contributed by atoms with van der Waals surface area (Å²) >= 11 is 0. The van der Waals surface area contributed by atoms with Gasteiger partial charge in [0.05, 0.1) is 4.91 Å². The summed E-state index contributed by atoms with van der Waals surface area (Å²) in [5.74, 6) is -0.802. The number of rotatable bonds is 2. The molecular formula is C7H9Cl2NO4S2. The van der Waals surface area contributed by atoms with Gasteiger partial charge < -0.3 is 5.73 Å². The molecule has 0 aromatic rings. The summed E-state index contributed by atoms with van der Waals surface area (Å²) < 4.78 is 44.5. The summed E-state index contributed by atoms with van der Waals surface area (Å²) in [6.45, 7) is 1.44. The number of nitrogens with two attached hydrogens (primary N) is 1. The monoisotopic (exact) mass is 305 g/mol. The average molecular weight is 306 g/mol. The summed E-state index contributed by atoms with van der Waals surface area (Å²) in [5, 5.41) is 0. The van der Waals surface area contributed by atoms with Crippen LogP contribution < -0.4 is 5.73 Å². The summed E-state index contributed by atoms with van der Waals surface area (Å²) in [6.07, 6.45) is 3.21. The molecule has 0 fully saturated rings. The number of hydrogen-bond acceptors (Lipinski definition) is 5. The molecule has 0 amide bonds. The van der Waals surface area contributed by atoms with Crippen LogP contribution in [0.5, 0.6) is 0 Å².